The Balaban J connectivity index is 1.72. The van der Waals surface area contributed by atoms with Gasteiger partial charge in [-0.25, -0.2) is 0 Å². The Morgan fingerprint density at radius 3 is 2.29 bits per heavy atom. The first-order valence-electron chi connectivity index (χ1n) is 13.2. The number of aromatic hydroxyl groups is 1. The molecule has 3 aliphatic carbocycles. The molecule has 4 atom stereocenters. The van der Waals surface area contributed by atoms with Crippen molar-refractivity contribution in [1.82, 2.24) is 4.90 Å². The fraction of sp³-hybridized carbons (Fsp3) is 0.323. The number of likely N-dealkylation sites (N-methyl/N-ethyl adjacent to an activating group) is 1. The molecule has 0 saturated heterocycles. The lowest BCUT2D eigenvalue weighted by Crippen LogP contribution is -2.65. The fourth-order valence-corrected chi connectivity index (χ4v) is 6.59. The van der Waals surface area contributed by atoms with Crippen molar-refractivity contribution in [3.8, 4) is 5.75 Å². The summed E-state index contributed by atoms with van der Waals surface area (Å²) in [6.45, 7) is 0. The van der Waals surface area contributed by atoms with Crippen LogP contribution in [-0.4, -0.2) is 82.6 Å². The highest BCUT2D eigenvalue weighted by Gasteiger charge is 2.64. The number of carbonyl (C=O) groups excluding carboxylic acids is 3. The van der Waals surface area contributed by atoms with E-state index in [9.17, 15) is 34.8 Å². The number of benzene rings is 2. The van der Waals surface area contributed by atoms with E-state index in [0.29, 0.717) is 16.8 Å². The van der Waals surface area contributed by atoms with Crippen LogP contribution in [0.25, 0.3) is 17.9 Å². The third-order valence-corrected chi connectivity index (χ3v) is 8.46. The number of phenols is 1. The number of ketones is 2. The Morgan fingerprint density at radius 2 is 1.71 bits per heavy atom. The van der Waals surface area contributed by atoms with Gasteiger partial charge in [0.1, 0.15) is 22.8 Å². The smallest absolute Gasteiger partial charge is 0.255 e. The number of nitrogens with zero attached hydrogens (tertiary/aromatic N) is 2. The van der Waals surface area contributed by atoms with E-state index in [4.69, 9.17) is 5.73 Å². The van der Waals surface area contributed by atoms with Gasteiger partial charge in [-0.15, -0.1) is 0 Å². The van der Waals surface area contributed by atoms with Gasteiger partial charge in [-0.3, -0.25) is 19.3 Å². The van der Waals surface area contributed by atoms with Crippen LogP contribution in [0.1, 0.15) is 28.7 Å². The zero-order chi connectivity index (χ0) is 30.0. The first-order chi connectivity index (χ1) is 19.3. The number of nitrogens with two attached hydrogens (primary N) is 1. The van der Waals surface area contributed by atoms with Crippen molar-refractivity contribution in [3.63, 3.8) is 0 Å². The number of aliphatic hydroxyl groups is 3. The Kier molecular flexibility index (Phi) is 6.79. The summed E-state index contributed by atoms with van der Waals surface area (Å²) in [5.74, 6) is -6.70. The van der Waals surface area contributed by atoms with Crippen LogP contribution < -0.4 is 10.6 Å². The molecular weight excluding hydrogens is 526 g/mol. The second-order valence-corrected chi connectivity index (χ2v) is 11.3. The fourth-order valence-electron chi connectivity index (χ4n) is 6.59. The van der Waals surface area contributed by atoms with E-state index in [2.05, 4.69) is 0 Å². The highest BCUT2D eigenvalue weighted by Crippen LogP contribution is 2.54. The van der Waals surface area contributed by atoms with Crippen LogP contribution in [-0.2, 0) is 20.8 Å². The minimum Gasteiger partial charge on any atom is -0.508 e. The number of amides is 1. The summed E-state index contributed by atoms with van der Waals surface area (Å²) < 4.78 is 0. The molecule has 214 valence electrons. The van der Waals surface area contributed by atoms with Gasteiger partial charge in [-0.05, 0) is 50.0 Å². The minimum atomic E-state index is -2.67. The van der Waals surface area contributed by atoms with Gasteiger partial charge in [0.15, 0.2) is 11.4 Å². The normalized spacial score (nSPS) is 25.9. The molecule has 6 N–H and O–H groups in total. The molecule has 0 spiro atoms. The maximum Gasteiger partial charge on any atom is 0.255 e. The number of primary amides is 1. The first kappa shape index (κ1) is 28.1. The first-order valence-corrected chi connectivity index (χ1v) is 13.2. The van der Waals surface area contributed by atoms with Crippen LogP contribution in [0.2, 0.25) is 0 Å². The zero-order valence-electron chi connectivity index (χ0n) is 23.3. The van der Waals surface area contributed by atoms with E-state index >= 15 is 0 Å². The van der Waals surface area contributed by atoms with Gasteiger partial charge in [0.25, 0.3) is 5.91 Å². The van der Waals surface area contributed by atoms with Crippen molar-refractivity contribution < 1.29 is 34.8 Å². The van der Waals surface area contributed by atoms with E-state index < -0.39 is 58.0 Å². The summed E-state index contributed by atoms with van der Waals surface area (Å²) in [5.41, 5.74) is 4.37. The third-order valence-electron chi connectivity index (χ3n) is 8.46. The van der Waals surface area contributed by atoms with Crippen molar-refractivity contribution >= 4 is 41.1 Å². The van der Waals surface area contributed by atoms with Crippen molar-refractivity contribution in [3.05, 3.63) is 75.6 Å². The maximum absolute atomic E-state index is 14.1. The Labute approximate surface area is 237 Å². The predicted molar refractivity (Wildman–Crippen MR) is 154 cm³/mol. The lowest BCUT2D eigenvalue weighted by molar-refractivity contribution is -0.153. The maximum atomic E-state index is 14.1. The molecule has 10 nitrogen and oxygen atoms in total. The van der Waals surface area contributed by atoms with E-state index in [0.717, 1.165) is 5.56 Å². The van der Waals surface area contributed by atoms with E-state index in [1.165, 1.54) is 4.90 Å². The monoisotopic (exact) mass is 559 g/mol. The molecule has 2 aromatic rings. The third kappa shape index (κ3) is 4.13. The average molecular weight is 560 g/mol. The molecule has 1 fully saturated rings. The van der Waals surface area contributed by atoms with Crippen molar-refractivity contribution in [2.75, 3.05) is 33.1 Å². The molecule has 0 heterocycles. The minimum absolute atomic E-state index is 0.0368. The molecule has 10 heteroatoms. The number of hydrogen-bond donors (Lipinski definition) is 5. The summed E-state index contributed by atoms with van der Waals surface area (Å²) in [6.07, 6.45) is 3.77. The highest BCUT2D eigenvalue weighted by molar-refractivity contribution is 6.24. The van der Waals surface area contributed by atoms with Crippen LogP contribution in [0.3, 0.4) is 0 Å². The van der Waals surface area contributed by atoms with Gasteiger partial charge in [-0.2, -0.15) is 0 Å². The highest BCUT2D eigenvalue weighted by atomic mass is 16.3. The van der Waals surface area contributed by atoms with E-state index in [1.54, 1.807) is 26.2 Å². The summed E-state index contributed by atoms with van der Waals surface area (Å²) in [4.78, 5) is 42.8. The van der Waals surface area contributed by atoms with Crippen LogP contribution in [0.5, 0.6) is 5.75 Å². The Morgan fingerprint density at radius 1 is 1.05 bits per heavy atom. The number of rotatable bonds is 5. The largest absolute Gasteiger partial charge is 0.508 e. The molecule has 0 radical (unpaired) electrons. The number of Topliss-reactive ketones (excluding diaryl/α,β-unsaturated/α-hetero) is 2. The van der Waals surface area contributed by atoms with Gasteiger partial charge in [0, 0.05) is 36.8 Å². The molecular formula is C31H33N3O7. The summed E-state index contributed by atoms with van der Waals surface area (Å²) >= 11 is 0. The van der Waals surface area contributed by atoms with Gasteiger partial charge >= 0.3 is 0 Å². The standard InChI is InChI=1S/C31H33N3O7/c1-33(2)20-14-16(11-10-15-8-6-5-7-9-15)25(35)22-18(20)12-17-13-19-24(34(3)4)27(37)23(30(32)40)29(39)31(19,41)28(38)21(17)26(22)36/h5-11,14,17,19,24,35-36,39,41H,12-13H2,1-4H3,(H2,32,40)/b11-10+/t17-,19+,24+,31-/m0/s1. The molecule has 3 aliphatic rings. The quantitative estimate of drug-likeness (QED) is 0.273. The molecule has 41 heavy (non-hydrogen) atoms. The molecule has 0 aliphatic heterocycles. The number of hydrogen-bond acceptors (Lipinski definition) is 9. The molecule has 0 unspecified atom stereocenters. The van der Waals surface area contributed by atoms with Gasteiger partial charge in [-0.1, -0.05) is 42.5 Å². The predicted octanol–water partition coefficient (Wildman–Crippen LogP) is 2.20. The van der Waals surface area contributed by atoms with E-state index in [-0.39, 0.29) is 29.7 Å². The molecule has 0 aromatic heterocycles. The lowest BCUT2D eigenvalue weighted by atomic mass is 9.57. The second kappa shape index (κ2) is 9.90. The molecule has 5 rings (SSSR count). The van der Waals surface area contributed by atoms with Crippen molar-refractivity contribution in [2.24, 2.45) is 17.6 Å². The summed E-state index contributed by atoms with van der Waals surface area (Å²) in [7, 11) is 6.79. The number of anilines is 1. The number of fused-ring (bicyclic) bond motifs is 3. The number of phenolic OH excluding ortho intramolecular Hbond substituents is 1. The second-order valence-electron chi connectivity index (χ2n) is 11.3. The Hall–Kier alpha value is -4.41. The van der Waals surface area contributed by atoms with Gasteiger partial charge in [0.2, 0.25) is 5.78 Å². The summed E-state index contributed by atoms with van der Waals surface area (Å²) in [6, 6.07) is 10.1. The molecule has 1 saturated carbocycles. The Bertz CT molecular complexity index is 1570. The van der Waals surface area contributed by atoms with E-state index in [1.807, 2.05) is 55.4 Å². The molecule has 1 amide bonds. The zero-order valence-corrected chi connectivity index (χ0v) is 23.3. The van der Waals surface area contributed by atoms with Crippen molar-refractivity contribution in [1.29, 1.82) is 0 Å². The van der Waals surface area contributed by atoms with Crippen LogP contribution in [0.15, 0.2) is 53.3 Å². The number of aliphatic hydroxyl groups excluding tert-OH is 2. The molecule has 0 bridgehead atoms. The SMILES string of the molecule is CN(C)c1cc(/C=C/c2ccccc2)c(O)c2c1C[C@H]1C[C@@H]3[C@@H](N(C)C)C(=O)C(C(N)=O)=C(O)[C@@]3(O)C(=O)C1=C2O. The van der Waals surface area contributed by atoms with Gasteiger partial charge < -0.3 is 31.1 Å². The van der Waals surface area contributed by atoms with Crippen LogP contribution >= 0.6 is 0 Å². The molecule has 2 aromatic carbocycles. The topological polar surface area (TPSA) is 165 Å². The van der Waals surface area contributed by atoms with Crippen molar-refractivity contribution in [2.45, 2.75) is 24.5 Å². The average Bonchev–Trinajstić information content (AvgIpc) is 2.90. The lowest BCUT2D eigenvalue weighted by Gasteiger charge is -2.50. The number of carbonyl (C=O) groups is 3. The van der Waals surface area contributed by atoms with Crippen LogP contribution in [0, 0.1) is 11.8 Å². The summed E-state index contributed by atoms with van der Waals surface area (Å²) in [5, 5.41) is 45.8. The van der Waals surface area contributed by atoms with Crippen LogP contribution in [0.4, 0.5) is 5.69 Å². The van der Waals surface area contributed by atoms with Gasteiger partial charge in [0.05, 0.1) is 11.6 Å².